The van der Waals surface area contributed by atoms with Gasteiger partial charge in [-0.25, -0.2) is 5.53 Å². The molecule has 2 atom stereocenters. The molecule has 0 saturated heterocycles. The zero-order valence-electron chi connectivity index (χ0n) is 20.0. The van der Waals surface area contributed by atoms with E-state index in [1.54, 1.807) is 59.3 Å². The number of aliphatic hydroxyl groups is 1. The number of hydrogen-bond acceptors (Lipinski definition) is 7. The van der Waals surface area contributed by atoms with Crippen molar-refractivity contribution in [1.29, 1.82) is 5.53 Å². The zero-order chi connectivity index (χ0) is 26.8. The van der Waals surface area contributed by atoms with Gasteiger partial charge in [0.15, 0.2) is 0 Å². The van der Waals surface area contributed by atoms with Crippen molar-refractivity contribution in [2.24, 2.45) is 5.11 Å². The molecule has 2 heterocycles. The minimum atomic E-state index is -1.81. The molecule has 5 rings (SSSR count). The van der Waals surface area contributed by atoms with Crippen LogP contribution in [0.2, 0.25) is 0 Å². The summed E-state index contributed by atoms with van der Waals surface area (Å²) in [6, 6.07) is 17.1. The standard InChI is InChI=1S/C26H22IN4O6S/c1-15-2-6-18(7-3-15)38(35)30-26(34)24(16-5-9-22-23(13-16)37-27-36-22)20-14-31(10-11-32)21-12-17(25(33)29-28)4-8-19(20)21/h2-9,12-14,24,28,32H,10-11H2,1H3,(H,30,34)/q-1. The summed E-state index contributed by atoms with van der Waals surface area (Å²) in [5, 5.41) is 13.3. The van der Waals surface area contributed by atoms with E-state index in [4.69, 9.17) is 11.7 Å². The molecule has 0 aliphatic carbocycles. The number of aryl methyl sites for hydroxylation is 1. The summed E-state index contributed by atoms with van der Waals surface area (Å²) in [5.41, 5.74) is 10.1. The number of benzene rings is 3. The number of carbonyl (C=O) groups is 2. The van der Waals surface area contributed by atoms with Gasteiger partial charge in [0.2, 0.25) is 0 Å². The van der Waals surface area contributed by atoms with Gasteiger partial charge in [0.25, 0.3) is 0 Å². The fourth-order valence-electron chi connectivity index (χ4n) is 4.30. The summed E-state index contributed by atoms with van der Waals surface area (Å²) in [7, 11) is -1.81. The molecule has 1 aromatic heterocycles. The van der Waals surface area contributed by atoms with Gasteiger partial charge < -0.3 is 0 Å². The van der Waals surface area contributed by atoms with Crippen LogP contribution in [0.5, 0.6) is 11.5 Å². The first-order valence-corrected chi connectivity index (χ1v) is 14.4. The third kappa shape index (κ3) is 5.06. The number of amides is 2. The Morgan fingerprint density at radius 2 is 1.87 bits per heavy atom. The van der Waals surface area contributed by atoms with Crippen LogP contribution in [0.3, 0.4) is 0 Å². The van der Waals surface area contributed by atoms with Crippen molar-refractivity contribution >= 4 is 33.7 Å². The van der Waals surface area contributed by atoms with E-state index in [0.717, 1.165) is 5.56 Å². The molecule has 38 heavy (non-hydrogen) atoms. The van der Waals surface area contributed by atoms with Crippen molar-refractivity contribution in [2.75, 3.05) is 6.61 Å². The quantitative estimate of drug-likeness (QED) is 0.191. The molecule has 2 amide bonds. The Labute approximate surface area is 231 Å². The van der Waals surface area contributed by atoms with Crippen molar-refractivity contribution < 1.29 is 47.1 Å². The van der Waals surface area contributed by atoms with Crippen molar-refractivity contribution in [1.82, 2.24) is 9.29 Å². The molecule has 0 fully saturated rings. The predicted octanol–water partition coefficient (Wildman–Crippen LogP) is 0.774. The van der Waals surface area contributed by atoms with E-state index >= 15 is 0 Å². The van der Waals surface area contributed by atoms with E-state index in [2.05, 4.69) is 9.84 Å². The molecular formula is C26H22IN4O6S-. The number of nitrogens with zero attached hydrogens (tertiary/aromatic N) is 2. The molecule has 3 N–H and O–H groups in total. The van der Waals surface area contributed by atoms with Crippen molar-refractivity contribution in [3.8, 4) is 11.5 Å². The van der Waals surface area contributed by atoms with Crippen molar-refractivity contribution in [3.05, 3.63) is 89.1 Å². The van der Waals surface area contributed by atoms with Crippen LogP contribution < -0.4 is 32.9 Å². The van der Waals surface area contributed by atoms with Gasteiger partial charge in [0.05, 0.1) is 0 Å². The van der Waals surface area contributed by atoms with E-state index < -0.39 is 50.8 Å². The van der Waals surface area contributed by atoms with E-state index in [1.165, 1.54) is 0 Å². The van der Waals surface area contributed by atoms with Gasteiger partial charge >= 0.3 is 220 Å². The van der Waals surface area contributed by atoms with Crippen molar-refractivity contribution in [2.45, 2.75) is 24.3 Å². The number of carbonyl (C=O) groups excluding carboxylic acids is 2. The van der Waals surface area contributed by atoms with Crippen LogP contribution in [0.25, 0.3) is 10.9 Å². The van der Waals surface area contributed by atoms with Crippen LogP contribution in [0, 0.1) is 12.5 Å². The molecule has 4 aromatic rings. The molecule has 10 nitrogen and oxygen atoms in total. The summed E-state index contributed by atoms with van der Waals surface area (Å²) in [6.07, 6.45) is 1.74. The number of nitrogens with one attached hydrogen (secondary N) is 2. The average molecular weight is 645 g/mol. The fraction of sp³-hybridized carbons (Fsp3) is 0.154. The van der Waals surface area contributed by atoms with E-state index in [-0.39, 0.29) is 18.7 Å². The van der Waals surface area contributed by atoms with Gasteiger partial charge in [0, 0.05) is 0 Å². The van der Waals surface area contributed by atoms with Gasteiger partial charge in [-0.2, -0.15) is 0 Å². The molecule has 196 valence electrons. The summed E-state index contributed by atoms with van der Waals surface area (Å²) in [4.78, 5) is 26.3. The first kappa shape index (κ1) is 26.0. The third-order valence-electron chi connectivity index (χ3n) is 6.13. The van der Waals surface area contributed by atoms with Crippen LogP contribution >= 0.6 is 0 Å². The van der Waals surface area contributed by atoms with E-state index in [0.29, 0.717) is 38.4 Å². The molecule has 2 unspecified atom stereocenters. The Balaban J connectivity index is 1.62. The first-order chi connectivity index (χ1) is 18.4. The molecule has 1 aliphatic heterocycles. The van der Waals surface area contributed by atoms with Crippen LogP contribution in [-0.2, 0) is 22.3 Å². The summed E-state index contributed by atoms with van der Waals surface area (Å²) >= 11 is -0.918. The second-order valence-corrected chi connectivity index (χ2v) is 11.0. The number of rotatable bonds is 8. The maximum absolute atomic E-state index is 13.8. The second kappa shape index (κ2) is 11.0. The first-order valence-electron chi connectivity index (χ1n) is 11.5. The van der Waals surface area contributed by atoms with Gasteiger partial charge in [-0.15, -0.1) is 0 Å². The summed E-state index contributed by atoms with van der Waals surface area (Å²) in [5.74, 6) is -0.957. The van der Waals surface area contributed by atoms with Crippen LogP contribution in [0.15, 0.2) is 76.9 Å². The number of aromatic nitrogens is 1. The van der Waals surface area contributed by atoms with Gasteiger partial charge in [0.1, 0.15) is 0 Å². The molecule has 0 saturated carbocycles. The fourth-order valence-corrected chi connectivity index (χ4v) is 6.28. The SMILES string of the molecule is Cc1ccc(S(=O)NC(=O)C(c2ccc3c(c2)O[I-]O3)c2cn(CCO)c3cc(C(=O)N=N)ccc23)cc1. The zero-order valence-corrected chi connectivity index (χ0v) is 23.0. The normalized spacial score (nSPS) is 13.9. The predicted molar refractivity (Wildman–Crippen MR) is 134 cm³/mol. The average Bonchev–Trinajstić information content (AvgIpc) is 3.53. The Morgan fingerprint density at radius 3 is 2.61 bits per heavy atom. The summed E-state index contributed by atoms with van der Waals surface area (Å²) < 4.78 is 28.6. The third-order valence-corrected chi connectivity index (χ3v) is 8.53. The molecule has 1 aliphatic rings. The summed E-state index contributed by atoms with van der Waals surface area (Å²) in [6.45, 7) is 1.95. The van der Waals surface area contributed by atoms with Gasteiger partial charge in [-0.3, -0.25) is 0 Å². The number of aliphatic hydroxyl groups excluding tert-OH is 1. The van der Waals surface area contributed by atoms with E-state index in [9.17, 15) is 18.9 Å². The monoisotopic (exact) mass is 645 g/mol. The number of halogens is 1. The molecule has 0 spiro atoms. The van der Waals surface area contributed by atoms with Crippen LogP contribution in [0.1, 0.15) is 33.0 Å². The molecule has 3 aromatic carbocycles. The molecular weight excluding hydrogens is 623 g/mol. The van der Waals surface area contributed by atoms with Crippen molar-refractivity contribution in [3.63, 3.8) is 0 Å². The molecule has 0 radical (unpaired) electrons. The Kier molecular flexibility index (Phi) is 7.53. The Morgan fingerprint density at radius 1 is 1.11 bits per heavy atom. The number of hydrogen-bond donors (Lipinski definition) is 3. The Hall–Kier alpha value is -3.62. The van der Waals surface area contributed by atoms with Gasteiger partial charge in [-0.1, -0.05) is 0 Å². The topological polar surface area (TPSA) is 143 Å². The number of fused-ring (bicyclic) bond motifs is 2. The second-order valence-electron chi connectivity index (χ2n) is 8.55. The van der Waals surface area contributed by atoms with Crippen LogP contribution in [-0.4, -0.2) is 32.3 Å². The van der Waals surface area contributed by atoms with Crippen LogP contribution in [0.4, 0.5) is 0 Å². The minimum absolute atomic E-state index is 0.174. The van der Waals surface area contributed by atoms with Gasteiger partial charge in [-0.05, 0) is 6.92 Å². The maximum atomic E-state index is 13.8. The Bertz CT molecular complexity index is 1590. The molecule has 12 heteroatoms. The molecule has 0 bridgehead atoms. The van der Waals surface area contributed by atoms with E-state index in [1.807, 2.05) is 19.1 Å².